The molecule has 4 nitrogen and oxygen atoms in total. The van der Waals surface area contributed by atoms with Gasteiger partial charge in [0.1, 0.15) is 0 Å². The van der Waals surface area contributed by atoms with E-state index in [4.69, 9.17) is 5.73 Å². The van der Waals surface area contributed by atoms with Gasteiger partial charge in [-0.3, -0.25) is 4.79 Å². The Bertz CT molecular complexity index is 335. The second-order valence-electron chi connectivity index (χ2n) is 3.40. The summed E-state index contributed by atoms with van der Waals surface area (Å²) in [4.78, 5) is 11.0. The van der Waals surface area contributed by atoms with E-state index in [2.05, 4.69) is 5.10 Å². The minimum absolute atomic E-state index is 0.122. The summed E-state index contributed by atoms with van der Waals surface area (Å²) in [5.74, 6) is 0. The first-order valence-electron chi connectivity index (χ1n) is 3.75. The topological polar surface area (TPSA) is 60.9 Å². The summed E-state index contributed by atoms with van der Waals surface area (Å²) < 4.78 is 1.28. The van der Waals surface area contributed by atoms with Crippen LogP contribution in [0.3, 0.4) is 0 Å². The van der Waals surface area contributed by atoms with Gasteiger partial charge < -0.3 is 5.73 Å². The Morgan fingerprint density at radius 1 is 1.50 bits per heavy atom. The number of nitrogens with zero attached hydrogens (tertiary/aromatic N) is 2. The lowest BCUT2D eigenvalue weighted by atomic mass is 10.0. The highest BCUT2D eigenvalue weighted by Gasteiger charge is 2.15. The maximum absolute atomic E-state index is 11.0. The summed E-state index contributed by atoms with van der Waals surface area (Å²) in [6.45, 7) is 3.69. The Hall–Kier alpha value is -1.16. The van der Waals surface area contributed by atoms with Gasteiger partial charge in [0.05, 0.1) is 11.2 Å². The summed E-state index contributed by atoms with van der Waals surface area (Å²) >= 11 is 0. The fourth-order valence-electron chi connectivity index (χ4n) is 0.846. The van der Waals surface area contributed by atoms with E-state index in [1.165, 1.54) is 10.7 Å². The zero-order valence-electron chi connectivity index (χ0n) is 7.53. The molecule has 0 bridgehead atoms. The molecule has 0 unspecified atom stereocenters. The van der Waals surface area contributed by atoms with Crippen molar-refractivity contribution in [3.63, 3.8) is 0 Å². The van der Waals surface area contributed by atoms with Crippen molar-refractivity contribution in [1.29, 1.82) is 0 Å². The first kappa shape index (κ1) is 8.93. The Labute approximate surface area is 71.0 Å². The average molecular weight is 167 g/mol. The highest BCUT2D eigenvalue weighted by molar-refractivity contribution is 5.09. The lowest BCUT2D eigenvalue weighted by Crippen LogP contribution is -2.33. The Morgan fingerprint density at radius 2 is 2.08 bits per heavy atom. The van der Waals surface area contributed by atoms with Gasteiger partial charge in [-0.2, -0.15) is 5.10 Å². The molecule has 0 aliphatic heterocycles. The molecule has 0 aliphatic carbocycles. The van der Waals surface area contributed by atoms with Crippen LogP contribution in [0.2, 0.25) is 0 Å². The van der Waals surface area contributed by atoms with Gasteiger partial charge in [0.2, 0.25) is 0 Å². The quantitative estimate of drug-likeness (QED) is 0.639. The van der Waals surface area contributed by atoms with Crippen molar-refractivity contribution < 1.29 is 0 Å². The molecule has 4 heteroatoms. The van der Waals surface area contributed by atoms with Crippen molar-refractivity contribution in [2.45, 2.75) is 19.4 Å². The molecule has 0 aliphatic rings. The molecule has 1 rings (SSSR count). The largest absolute Gasteiger partial charge is 0.321 e. The van der Waals surface area contributed by atoms with Crippen molar-refractivity contribution in [3.05, 3.63) is 28.2 Å². The minimum atomic E-state index is -0.495. The van der Waals surface area contributed by atoms with Crippen LogP contribution in [0.5, 0.6) is 0 Å². The van der Waals surface area contributed by atoms with Crippen molar-refractivity contribution in [2.24, 2.45) is 12.8 Å². The molecule has 1 aromatic rings. The number of rotatable bonds is 1. The summed E-state index contributed by atoms with van der Waals surface area (Å²) in [5.41, 5.74) is 5.89. The molecule has 0 spiro atoms. The fraction of sp³-hybridized carbons (Fsp3) is 0.500. The van der Waals surface area contributed by atoms with E-state index in [1.807, 2.05) is 13.8 Å². The van der Waals surface area contributed by atoms with Crippen molar-refractivity contribution in [3.8, 4) is 0 Å². The molecule has 0 saturated heterocycles. The highest BCUT2D eigenvalue weighted by atomic mass is 16.1. The third kappa shape index (κ3) is 1.71. The van der Waals surface area contributed by atoms with Crippen molar-refractivity contribution >= 4 is 0 Å². The molecular weight excluding hydrogens is 154 g/mol. The Balaban J connectivity index is 3.23. The van der Waals surface area contributed by atoms with Crippen LogP contribution in [0.1, 0.15) is 19.5 Å². The van der Waals surface area contributed by atoms with Crippen LogP contribution in [0.25, 0.3) is 0 Å². The molecule has 0 aromatic carbocycles. The van der Waals surface area contributed by atoms with Gasteiger partial charge in [0.15, 0.2) is 0 Å². The van der Waals surface area contributed by atoms with E-state index in [9.17, 15) is 4.79 Å². The lowest BCUT2D eigenvalue weighted by Gasteiger charge is -2.17. The molecule has 0 amide bonds. The van der Waals surface area contributed by atoms with E-state index in [-0.39, 0.29) is 5.56 Å². The molecule has 2 N–H and O–H groups in total. The predicted molar refractivity (Wildman–Crippen MR) is 46.7 cm³/mol. The average Bonchev–Trinajstić information content (AvgIpc) is 1.92. The molecule has 0 fully saturated rings. The molecular formula is C8H13N3O. The van der Waals surface area contributed by atoms with Gasteiger partial charge in [-0.05, 0) is 19.9 Å². The van der Waals surface area contributed by atoms with E-state index in [0.717, 1.165) is 0 Å². The van der Waals surface area contributed by atoms with E-state index >= 15 is 0 Å². The standard InChI is InChI=1S/C8H13N3O/c1-8(2,9)6-4-5-7(12)11(3)10-6/h4-5H,9H2,1-3H3. The minimum Gasteiger partial charge on any atom is -0.321 e. The first-order valence-corrected chi connectivity index (χ1v) is 3.75. The van der Waals surface area contributed by atoms with Crippen molar-refractivity contribution in [1.82, 2.24) is 9.78 Å². The van der Waals surface area contributed by atoms with Crippen LogP contribution in [-0.4, -0.2) is 9.78 Å². The molecule has 0 radical (unpaired) electrons. The van der Waals surface area contributed by atoms with Gasteiger partial charge in [-0.25, -0.2) is 4.68 Å². The molecule has 0 saturated carbocycles. The Morgan fingerprint density at radius 3 is 2.50 bits per heavy atom. The van der Waals surface area contributed by atoms with Crippen molar-refractivity contribution in [2.75, 3.05) is 0 Å². The third-order valence-electron chi connectivity index (χ3n) is 1.62. The zero-order chi connectivity index (χ0) is 9.35. The van der Waals surface area contributed by atoms with Gasteiger partial charge >= 0.3 is 0 Å². The van der Waals surface area contributed by atoms with Crippen LogP contribution >= 0.6 is 0 Å². The van der Waals surface area contributed by atoms with Gasteiger partial charge in [-0.15, -0.1) is 0 Å². The molecule has 66 valence electrons. The third-order valence-corrected chi connectivity index (χ3v) is 1.62. The fourth-order valence-corrected chi connectivity index (χ4v) is 0.846. The lowest BCUT2D eigenvalue weighted by molar-refractivity contribution is 0.505. The van der Waals surface area contributed by atoms with Crippen LogP contribution in [0.15, 0.2) is 16.9 Å². The second kappa shape index (κ2) is 2.71. The maximum Gasteiger partial charge on any atom is 0.266 e. The van der Waals surface area contributed by atoms with Gasteiger partial charge in [0, 0.05) is 13.1 Å². The molecule has 1 aromatic heterocycles. The van der Waals surface area contributed by atoms with Gasteiger partial charge in [0.25, 0.3) is 5.56 Å². The van der Waals surface area contributed by atoms with Crippen LogP contribution < -0.4 is 11.3 Å². The number of aromatic nitrogens is 2. The smallest absolute Gasteiger partial charge is 0.266 e. The van der Waals surface area contributed by atoms with E-state index in [0.29, 0.717) is 5.69 Å². The SMILES string of the molecule is Cn1nc(C(C)(C)N)ccc1=O. The summed E-state index contributed by atoms with van der Waals surface area (Å²) in [6.07, 6.45) is 0. The Kier molecular flexibility index (Phi) is 2.02. The number of aryl methyl sites for hydroxylation is 1. The molecule has 12 heavy (non-hydrogen) atoms. The van der Waals surface area contributed by atoms with E-state index < -0.39 is 5.54 Å². The summed E-state index contributed by atoms with van der Waals surface area (Å²) in [5, 5.41) is 4.02. The summed E-state index contributed by atoms with van der Waals surface area (Å²) in [7, 11) is 1.61. The van der Waals surface area contributed by atoms with Gasteiger partial charge in [-0.1, -0.05) is 0 Å². The second-order valence-corrected chi connectivity index (χ2v) is 3.40. The number of hydrogen-bond donors (Lipinski definition) is 1. The highest BCUT2D eigenvalue weighted by Crippen LogP contribution is 2.10. The first-order chi connectivity index (χ1) is 5.41. The maximum atomic E-state index is 11.0. The normalized spacial score (nSPS) is 11.7. The molecule has 1 heterocycles. The van der Waals surface area contributed by atoms with Crippen LogP contribution in [0.4, 0.5) is 0 Å². The molecule has 0 atom stereocenters. The zero-order valence-corrected chi connectivity index (χ0v) is 7.53. The van der Waals surface area contributed by atoms with E-state index in [1.54, 1.807) is 13.1 Å². The van der Waals surface area contributed by atoms with Crippen LogP contribution in [-0.2, 0) is 12.6 Å². The summed E-state index contributed by atoms with van der Waals surface area (Å²) in [6, 6.07) is 3.12. The monoisotopic (exact) mass is 167 g/mol. The number of nitrogens with two attached hydrogens (primary N) is 1. The number of hydrogen-bond acceptors (Lipinski definition) is 3. The predicted octanol–water partition coefficient (Wildman–Crippen LogP) is -0.0259. The van der Waals surface area contributed by atoms with Crippen LogP contribution in [0, 0.1) is 0 Å².